The number of rotatable bonds is 5. The third-order valence-electron chi connectivity index (χ3n) is 2.20. The molecular formula is C11H20N4. The number of hydrogen-bond donors (Lipinski definition) is 2. The van der Waals surface area contributed by atoms with Gasteiger partial charge in [-0.15, -0.1) is 0 Å². The van der Waals surface area contributed by atoms with E-state index >= 15 is 0 Å². The van der Waals surface area contributed by atoms with Crippen LogP contribution >= 0.6 is 0 Å². The molecule has 0 aliphatic rings. The smallest absolute Gasteiger partial charge is 0.223 e. The van der Waals surface area contributed by atoms with Crippen LogP contribution in [0, 0.1) is 13.8 Å². The third-order valence-corrected chi connectivity index (χ3v) is 2.20. The molecule has 1 unspecified atom stereocenters. The minimum absolute atomic E-state index is 0.370. The molecule has 0 fully saturated rings. The van der Waals surface area contributed by atoms with Crippen molar-refractivity contribution in [3.8, 4) is 0 Å². The van der Waals surface area contributed by atoms with Crippen LogP contribution in [0.3, 0.4) is 0 Å². The number of nitrogens with one attached hydrogen (secondary N) is 1. The molecule has 0 saturated heterocycles. The largest absolute Gasteiger partial charge is 0.352 e. The van der Waals surface area contributed by atoms with Crippen LogP contribution in [0.4, 0.5) is 5.95 Å². The monoisotopic (exact) mass is 208 g/mol. The molecule has 4 heteroatoms. The first kappa shape index (κ1) is 11.9. The van der Waals surface area contributed by atoms with Crippen molar-refractivity contribution in [3.05, 3.63) is 17.5 Å². The molecule has 0 saturated carbocycles. The molecule has 1 aromatic rings. The molecule has 1 atom stereocenters. The van der Waals surface area contributed by atoms with E-state index in [1.807, 2.05) is 19.9 Å². The van der Waals surface area contributed by atoms with Crippen LogP contribution in [0.2, 0.25) is 0 Å². The van der Waals surface area contributed by atoms with Crippen molar-refractivity contribution in [2.45, 2.75) is 39.7 Å². The maximum atomic E-state index is 5.46. The first-order valence-corrected chi connectivity index (χ1v) is 5.40. The van der Waals surface area contributed by atoms with E-state index in [9.17, 15) is 0 Å². The normalized spacial score (nSPS) is 12.5. The summed E-state index contributed by atoms with van der Waals surface area (Å²) in [5.41, 5.74) is 7.45. The van der Waals surface area contributed by atoms with Gasteiger partial charge in [0.2, 0.25) is 5.95 Å². The minimum atomic E-state index is 0.370. The molecule has 0 spiro atoms. The fourth-order valence-electron chi connectivity index (χ4n) is 1.51. The summed E-state index contributed by atoms with van der Waals surface area (Å²) in [6.07, 6.45) is 2.08. The van der Waals surface area contributed by atoms with Gasteiger partial charge in [-0.2, -0.15) is 0 Å². The van der Waals surface area contributed by atoms with Crippen molar-refractivity contribution >= 4 is 5.95 Å². The van der Waals surface area contributed by atoms with Crippen molar-refractivity contribution < 1.29 is 0 Å². The molecule has 1 rings (SSSR count). The Morgan fingerprint density at radius 1 is 1.33 bits per heavy atom. The average Bonchev–Trinajstić information content (AvgIpc) is 2.13. The molecule has 1 aromatic heterocycles. The van der Waals surface area contributed by atoms with Gasteiger partial charge in [-0.1, -0.05) is 0 Å². The molecule has 3 N–H and O–H groups in total. The molecule has 0 aromatic carbocycles. The Morgan fingerprint density at radius 3 is 2.47 bits per heavy atom. The highest BCUT2D eigenvalue weighted by Gasteiger charge is 2.04. The molecule has 0 amide bonds. The highest BCUT2D eigenvalue weighted by atomic mass is 15.1. The zero-order valence-electron chi connectivity index (χ0n) is 9.75. The first-order chi connectivity index (χ1) is 7.11. The molecule has 0 bridgehead atoms. The fraction of sp³-hybridized carbons (Fsp3) is 0.636. The predicted octanol–water partition coefficient (Wildman–Crippen LogP) is 1.63. The van der Waals surface area contributed by atoms with E-state index in [2.05, 4.69) is 22.2 Å². The van der Waals surface area contributed by atoms with E-state index in [1.165, 1.54) is 0 Å². The zero-order valence-corrected chi connectivity index (χ0v) is 9.75. The summed E-state index contributed by atoms with van der Waals surface area (Å²) >= 11 is 0. The molecule has 84 valence electrons. The van der Waals surface area contributed by atoms with Gasteiger partial charge in [0.25, 0.3) is 0 Å². The summed E-state index contributed by atoms with van der Waals surface area (Å²) in [6.45, 7) is 6.81. The fourth-order valence-corrected chi connectivity index (χ4v) is 1.51. The Labute approximate surface area is 91.3 Å². The number of nitrogens with zero attached hydrogens (tertiary/aromatic N) is 2. The molecular weight excluding hydrogens is 188 g/mol. The van der Waals surface area contributed by atoms with E-state index in [1.54, 1.807) is 0 Å². The van der Waals surface area contributed by atoms with Crippen molar-refractivity contribution in [3.63, 3.8) is 0 Å². The van der Waals surface area contributed by atoms with Crippen molar-refractivity contribution in [2.24, 2.45) is 5.73 Å². The standard InChI is InChI=1S/C11H20N4/c1-8(5-4-6-12)13-11-14-9(2)7-10(3)15-11/h7-8H,4-6,12H2,1-3H3,(H,13,14,15). The number of nitrogens with two attached hydrogens (primary N) is 1. The lowest BCUT2D eigenvalue weighted by atomic mass is 10.2. The lowest BCUT2D eigenvalue weighted by Crippen LogP contribution is -2.18. The Balaban J connectivity index is 2.56. The Morgan fingerprint density at radius 2 is 1.93 bits per heavy atom. The van der Waals surface area contributed by atoms with E-state index in [0.29, 0.717) is 6.04 Å². The van der Waals surface area contributed by atoms with Gasteiger partial charge in [0.1, 0.15) is 0 Å². The van der Waals surface area contributed by atoms with Gasteiger partial charge >= 0.3 is 0 Å². The predicted molar refractivity (Wildman–Crippen MR) is 62.9 cm³/mol. The summed E-state index contributed by atoms with van der Waals surface area (Å²) < 4.78 is 0. The average molecular weight is 208 g/mol. The van der Waals surface area contributed by atoms with E-state index in [-0.39, 0.29) is 0 Å². The van der Waals surface area contributed by atoms with Crippen LogP contribution in [-0.2, 0) is 0 Å². The van der Waals surface area contributed by atoms with Gasteiger partial charge in [0.15, 0.2) is 0 Å². The third kappa shape index (κ3) is 4.25. The number of aromatic nitrogens is 2. The summed E-state index contributed by atoms with van der Waals surface area (Å²) in [7, 11) is 0. The summed E-state index contributed by atoms with van der Waals surface area (Å²) in [5.74, 6) is 0.719. The second-order valence-corrected chi connectivity index (χ2v) is 3.95. The van der Waals surface area contributed by atoms with Crippen LogP contribution in [0.1, 0.15) is 31.2 Å². The SMILES string of the molecule is Cc1cc(C)nc(NC(C)CCCN)n1. The van der Waals surface area contributed by atoms with Crippen molar-refractivity contribution in [1.82, 2.24) is 9.97 Å². The van der Waals surface area contributed by atoms with Crippen molar-refractivity contribution in [2.75, 3.05) is 11.9 Å². The van der Waals surface area contributed by atoms with E-state index < -0.39 is 0 Å². The van der Waals surface area contributed by atoms with Gasteiger partial charge < -0.3 is 11.1 Å². The van der Waals surface area contributed by atoms with Crippen LogP contribution in [0.25, 0.3) is 0 Å². The highest BCUT2D eigenvalue weighted by Crippen LogP contribution is 2.07. The molecule has 0 aliphatic carbocycles. The van der Waals surface area contributed by atoms with Crippen molar-refractivity contribution in [1.29, 1.82) is 0 Å². The Kier molecular flexibility index (Phi) is 4.49. The second-order valence-electron chi connectivity index (χ2n) is 3.95. The van der Waals surface area contributed by atoms with Gasteiger partial charge in [-0.05, 0) is 46.2 Å². The maximum absolute atomic E-state index is 5.46. The maximum Gasteiger partial charge on any atom is 0.223 e. The van der Waals surface area contributed by atoms with Gasteiger partial charge in [0, 0.05) is 17.4 Å². The van der Waals surface area contributed by atoms with E-state index in [4.69, 9.17) is 5.73 Å². The molecule has 4 nitrogen and oxygen atoms in total. The minimum Gasteiger partial charge on any atom is -0.352 e. The number of aryl methyl sites for hydroxylation is 2. The first-order valence-electron chi connectivity index (χ1n) is 5.40. The highest BCUT2D eigenvalue weighted by molar-refractivity contribution is 5.28. The summed E-state index contributed by atoms with van der Waals surface area (Å²) in [5, 5.41) is 3.28. The quantitative estimate of drug-likeness (QED) is 0.772. The van der Waals surface area contributed by atoms with Gasteiger partial charge in [-0.25, -0.2) is 9.97 Å². The Hall–Kier alpha value is -1.16. The molecule has 0 radical (unpaired) electrons. The van der Waals surface area contributed by atoms with Crippen LogP contribution in [0.15, 0.2) is 6.07 Å². The van der Waals surface area contributed by atoms with Gasteiger partial charge in [-0.3, -0.25) is 0 Å². The van der Waals surface area contributed by atoms with E-state index in [0.717, 1.165) is 36.7 Å². The molecule has 15 heavy (non-hydrogen) atoms. The van der Waals surface area contributed by atoms with Crippen LogP contribution in [0.5, 0.6) is 0 Å². The number of anilines is 1. The molecule has 0 aliphatic heterocycles. The summed E-state index contributed by atoms with van der Waals surface area (Å²) in [6, 6.07) is 2.34. The number of hydrogen-bond acceptors (Lipinski definition) is 4. The lowest BCUT2D eigenvalue weighted by molar-refractivity contribution is 0.657. The molecule has 1 heterocycles. The van der Waals surface area contributed by atoms with Gasteiger partial charge in [0.05, 0.1) is 0 Å². The topological polar surface area (TPSA) is 63.8 Å². The Bertz CT molecular complexity index is 291. The lowest BCUT2D eigenvalue weighted by Gasteiger charge is -2.13. The second kappa shape index (κ2) is 5.66. The summed E-state index contributed by atoms with van der Waals surface area (Å²) in [4.78, 5) is 8.66. The van der Waals surface area contributed by atoms with Crippen LogP contribution in [-0.4, -0.2) is 22.6 Å². The van der Waals surface area contributed by atoms with Crippen LogP contribution < -0.4 is 11.1 Å². The zero-order chi connectivity index (χ0) is 11.3.